The van der Waals surface area contributed by atoms with Crippen molar-refractivity contribution < 1.29 is 0 Å². The van der Waals surface area contributed by atoms with Crippen LogP contribution in [-0.4, -0.2) is 11.4 Å². The van der Waals surface area contributed by atoms with Gasteiger partial charge in [-0.1, -0.05) is 25.5 Å². The summed E-state index contributed by atoms with van der Waals surface area (Å²) in [5, 5.41) is 15.0. The van der Waals surface area contributed by atoms with Crippen LogP contribution >= 0.6 is 0 Å². The van der Waals surface area contributed by atoms with E-state index < -0.39 is 0 Å². The maximum Gasteiger partial charge on any atom is 0.0124 e. The minimum Gasteiger partial charge on any atom is -0.310 e. The zero-order chi connectivity index (χ0) is 11.3. The highest BCUT2D eigenvalue weighted by molar-refractivity contribution is 5.83. The second-order valence-corrected chi connectivity index (χ2v) is 4.27. The van der Waals surface area contributed by atoms with E-state index in [0.717, 1.165) is 12.1 Å². The van der Waals surface area contributed by atoms with Gasteiger partial charge in [-0.05, 0) is 33.1 Å². The molecule has 0 spiro atoms. The molecule has 0 aromatic heterocycles. The molecule has 0 aromatic carbocycles. The lowest BCUT2D eigenvalue weighted by Gasteiger charge is -2.11. The third-order valence-electron chi connectivity index (χ3n) is 2.58. The van der Waals surface area contributed by atoms with Crippen molar-refractivity contribution >= 4 is 11.4 Å². The fraction of sp³-hybridized carbons (Fsp3) is 0.667. The van der Waals surface area contributed by atoms with Crippen molar-refractivity contribution in [3.63, 3.8) is 0 Å². The van der Waals surface area contributed by atoms with E-state index in [1.807, 2.05) is 20.8 Å². The molecular formula is C12H22N2. The van der Waals surface area contributed by atoms with E-state index in [0.29, 0.717) is 11.6 Å². The number of hydrogen-bond donors (Lipinski definition) is 2. The molecule has 80 valence electrons. The van der Waals surface area contributed by atoms with E-state index in [9.17, 15) is 0 Å². The molecule has 2 atom stereocenters. The van der Waals surface area contributed by atoms with Crippen LogP contribution in [0.5, 0.6) is 0 Å². The number of nitrogens with one attached hydrogen (secondary N) is 2. The van der Waals surface area contributed by atoms with E-state index >= 15 is 0 Å². The molecular weight excluding hydrogens is 172 g/mol. The van der Waals surface area contributed by atoms with Gasteiger partial charge >= 0.3 is 0 Å². The van der Waals surface area contributed by atoms with Gasteiger partial charge in [0, 0.05) is 17.3 Å². The van der Waals surface area contributed by atoms with Crippen LogP contribution in [0.3, 0.4) is 0 Å². The number of allylic oxidation sites excluding steroid dienone is 2. The van der Waals surface area contributed by atoms with E-state index in [1.165, 1.54) is 5.57 Å². The topological polar surface area (TPSA) is 47.7 Å². The maximum atomic E-state index is 7.49. The Morgan fingerprint density at radius 3 is 1.93 bits per heavy atom. The molecule has 0 amide bonds. The highest BCUT2D eigenvalue weighted by Gasteiger charge is 2.06. The van der Waals surface area contributed by atoms with Crippen LogP contribution in [0.4, 0.5) is 0 Å². The first kappa shape index (κ1) is 13.1. The van der Waals surface area contributed by atoms with Gasteiger partial charge in [-0.3, -0.25) is 0 Å². The smallest absolute Gasteiger partial charge is 0.0124 e. The van der Waals surface area contributed by atoms with Crippen LogP contribution in [-0.2, 0) is 0 Å². The third-order valence-corrected chi connectivity index (χ3v) is 2.58. The van der Waals surface area contributed by atoms with Gasteiger partial charge in [0.15, 0.2) is 0 Å². The Kier molecular flexibility index (Phi) is 5.36. The van der Waals surface area contributed by atoms with Crippen LogP contribution in [0, 0.1) is 22.7 Å². The lowest BCUT2D eigenvalue weighted by molar-refractivity contribution is 0.742. The molecule has 0 rings (SSSR count). The van der Waals surface area contributed by atoms with Crippen LogP contribution < -0.4 is 0 Å². The zero-order valence-corrected chi connectivity index (χ0v) is 9.94. The van der Waals surface area contributed by atoms with Gasteiger partial charge in [0.25, 0.3) is 0 Å². The first-order valence-electron chi connectivity index (χ1n) is 5.12. The summed E-state index contributed by atoms with van der Waals surface area (Å²) >= 11 is 0. The summed E-state index contributed by atoms with van der Waals surface area (Å²) in [7, 11) is 0. The molecule has 2 unspecified atom stereocenters. The second kappa shape index (κ2) is 5.74. The van der Waals surface area contributed by atoms with Gasteiger partial charge in [-0.15, -0.1) is 0 Å². The van der Waals surface area contributed by atoms with Gasteiger partial charge in [0.05, 0.1) is 0 Å². The van der Waals surface area contributed by atoms with Crippen LogP contribution in [0.2, 0.25) is 0 Å². The molecule has 0 saturated carbocycles. The van der Waals surface area contributed by atoms with Crippen molar-refractivity contribution in [2.75, 3.05) is 0 Å². The Hall–Kier alpha value is -0.920. The Morgan fingerprint density at radius 1 is 1.07 bits per heavy atom. The standard InChI is InChI=1S/C12H22N2/c1-8(6-9(2)11(4)13)7-10(3)12(5)14/h6,9-10,13-14H,7H2,1-5H3/b8-6-,13-11?,14-12?. The summed E-state index contributed by atoms with van der Waals surface area (Å²) in [4.78, 5) is 0. The van der Waals surface area contributed by atoms with Gasteiger partial charge < -0.3 is 10.8 Å². The Bertz CT molecular complexity index is 251. The minimum absolute atomic E-state index is 0.230. The van der Waals surface area contributed by atoms with Gasteiger partial charge in [-0.25, -0.2) is 0 Å². The third kappa shape index (κ3) is 4.95. The molecule has 2 nitrogen and oxygen atoms in total. The summed E-state index contributed by atoms with van der Waals surface area (Å²) in [5.74, 6) is 0.553. The second-order valence-electron chi connectivity index (χ2n) is 4.27. The van der Waals surface area contributed by atoms with E-state index in [2.05, 4.69) is 19.9 Å². The molecule has 0 aliphatic rings. The fourth-order valence-electron chi connectivity index (χ4n) is 1.26. The summed E-state index contributed by atoms with van der Waals surface area (Å²) < 4.78 is 0. The first-order chi connectivity index (χ1) is 6.34. The molecule has 0 heterocycles. The Balaban J connectivity index is 4.26. The largest absolute Gasteiger partial charge is 0.310 e. The monoisotopic (exact) mass is 194 g/mol. The molecule has 0 radical (unpaired) electrons. The molecule has 2 heteroatoms. The Labute approximate surface area is 87.4 Å². The average molecular weight is 194 g/mol. The Morgan fingerprint density at radius 2 is 1.57 bits per heavy atom. The van der Waals surface area contributed by atoms with Gasteiger partial charge in [0.1, 0.15) is 0 Å². The quantitative estimate of drug-likeness (QED) is 0.495. The zero-order valence-electron chi connectivity index (χ0n) is 9.94. The molecule has 2 N–H and O–H groups in total. The first-order valence-corrected chi connectivity index (χ1v) is 5.12. The highest BCUT2D eigenvalue weighted by atomic mass is 14.4. The predicted molar refractivity (Wildman–Crippen MR) is 63.5 cm³/mol. The average Bonchev–Trinajstić information content (AvgIpc) is 2.03. The van der Waals surface area contributed by atoms with Crippen molar-refractivity contribution in [1.29, 1.82) is 10.8 Å². The van der Waals surface area contributed by atoms with E-state index in [4.69, 9.17) is 10.8 Å². The van der Waals surface area contributed by atoms with E-state index in [1.54, 1.807) is 0 Å². The molecule has 0 aliphatic carbocycles. The summed E-state index contributed by atoms with van der Waals surface area (Å²) in [6.07, 6.45) is 3.06. The molecule has 14 heavy (non-hydrogen) atoms. The van der Waals surface area contributed by atoms with Gasteiger partial charge in [-0.2, -0.15) is 0 Å². The molecule has 0 bridgehead atoms. The van der Waals surface area contributed by atoms with Gasteiger partial charge in [0.2, 0.25) is 0 Å². The van der Waals surface area contributed by atoms with Crippen LogP contribution in [0.25, 0.3) is 0 Å². The summed E-state index contributed by atoms with van der Waals surface area (Å²) in [5.41, 5.74) is 2.71. The normalized spacial score (nSPS) is 16.2. The van der Waals surface area contributed by atoms with Crippen molar-refractivity contribution in [1.82, 2.24) is 0 Å². The fourth-order valence-corrected chi connectivity index (χ4v) is 1.26. The van der Waals surface area contributed by atoms with Crippen LogP contribution in [0.1, 0.15) is 41.0 Å². The van der Waals surface area contributed by atoms with Crippen molar-refractivity contribution in [3.8, 4) is 0 Å². The lowest BCUT2D eigenvalue weighted by atomic mass is 9.95. The lowest BCUT2D eigenvalue weighted by Crippen LogP contribution is -2.07. The van der Waals surface area contributed by atoms with Crippen LogP contribution in [0.15, 0.2) is 11.6 Å². The highest BCUT2D eigenvalue weighted by Crippen LogP contribution is 2.14. The predicted octanol–water partition coefficient (Wildman–Crippen LogP) is 3.67. The number of rotatable bonds is 5. The molecule has 0 fully saturated rings. The molecule has 0 saturated heterocycles. The SMILES string of the molecule is CC(=N)C(C)/C=C(/C)CC(C)C(C)=N. The molecule has 0 aromatic rings. The summed E-state index contributed by atoms with van der Waals surface area (Å²) in [6.45, 7) is 9.87. The number of hydrogen-bond acceptors (Lipinski definition) is 2. The minimum atomic E-state index is 0.230. The summed E-state index contributed by atoms with van der Waals surface area (Å²) in [6, 6.07) is 0. The van der Waals surface area contributed by atoms with E-state index in [-0.39, 0.29) is 5.92 Å². The van der Waals surface area contributed by atoms with Crippen molar-refractivity contribution in [2.24, 2.45) is 11.8 Å². The maximum absolute atomic E-state index is 7.49. The van der Waals surface area contributed by atoms with Crippen molar-refractivity contribution in [3.05, 3.63) is 11.6 Å². The molecule has 0 aliphatic heterocycles. The van der Waals surface area contributed by atoms with Crippen molar-refractivity contribution in [2.45, 2.75) is 41.0 Å².